The number of carbonyl (C=O) groups excluding carboxylic acids is 2. The number of carbonyl (C=O) groups is 2. The summed E-state index contributed by atoms with van der Waals surface area (Å²) in [7, 11) is 0. The molecule has 5 N–H and O–H groups in total. The Morgan fingerprint density at radius 3 is 2.90 bits per heavy atom. The van der Waals surface area contributed by atoms with Crippen LogP contribution < -0.4 is 21.7 Å². The molecule has 2 amide bonds. The molecule has 2 fully saturated rings. The van der Waals surface area contributed by atoms with Gasteiger partial charge in [-0.15, -0.1) is 0 Å². The van der Waals surface area contributed by atoms with E-state index in [1.165, 1.54) is 0 Å². The summed E-state index contributed by atoms with van der Waals surface area (Å²) in [6, 6.07) is 5.54. The lowest BCUT2D eigenvalue weighted by molar-refractivity contribution is -0.124. The molecule has 6 nitrogen and oxygen atoms in total. The minimum Gasteiger partial charge on any atom is -0.399 e. The molecular formula is C15H20N4O2. The maximum absolute atomic E-state index is 11.6. The van der Waals surface area contributed by atoms with Crippen molar-refractivity contribution in [3.8, 4) is 0 Å². The molecule has 2 atom stereocenters. The van der Waals surface area contributed by atoms with Crippen LogP contribution in [0.15, 0.2) is 18.2 Å². The average molecular weight is 288 g/mol. The van der Waals surface area contributed by atoms with E-state index in [-0.39, 0.29) is 11.9 Å². The summed E-state index contributed by atoms with van der Waals surface area (Å²) in [5.74, 6) is 0.112. The summed E-state index contributed by atoms with van der Waals surface area (Å²) in [5.41, 5.74) is 13.0. The zero-order valence-corrected chi connectivity index (χ0v) is 11.8. The van der Waals surface area contributed by atoms with Gasteiger partial charge in [0.15, 0.2) is 0 Å². The van der Waals surface area contributed by atoms with Gasteiger partial charge in [0.05, 0.1) is 5.56 Å². The quantitative estimate of drug-likeness (QED) is 0.689. The SMILES string of the molecule is NC(=O)c1cc(N)ccc1N1CCC2NC(=O)CCC2C1. The Balaban J connectivity index is 1.82. The molecule has 112 valence electrons. The number of nitrogens with one attached hydrogen (secondary N) is 1. The van der Waals surface area contributed by atoms with Gasteiger partial charge in [-0.25, -0.2) is 0 Å². The fraction of sp³-hybridized carbons (Fsp3) is 0.467. The molecule has 2 unspecified atom stereocenters. The standard InChI is InChI=1S/C15H20N4O2/c16-10-2-3-13(11(7-10)15(17)21)19-6-5-12-9(8-19)1-4-14(20)18-12/h2-3,7,9,12H,1,4-6,8,16H2,(H2,17,21)(H,18,20). The highest BCUT2D eigenvalue weighted by Gasteiger charge is 2.34. The molecule has 1 aromatic carbocycles. The van der Waals surface area contributed by atoms with Crippen LogP contribution in [-0.4, -0.2) is 30.9 Å². The Hall–Kier alpha value is -2.24. The smallest absolute Gasteiger partial charge is 0.250 e. The Labute approximate surface area is 123 Å². The number of nitrogen functional groups attached to an aromatic ring is 1. The van der Waals surface area contributed by atoms with Gasteiger partial charge < -0.3 is 21.7 Å². The number of benzene rings is 1. The highest BCUT2D eigenvalue weighted by atomic mass is 16.2. The topological polar surface area (TPSA) is 101 Å². The van der Waals surface area contributed by atoms with E-state index >= 15 is 0 Å². The number of nitrogens with zero attached hydrogens (tertiary/aromatic N) is 1. The summed E-state index contributed by atoms with van der Waals surface area (Å²) in [6.07, 6.45) is 2.37. The molecule has 0 spiro atoms. The van der Waals surface area contributed by atoms with Crippen LogP contribution in [0, 0.1) is 5.92 Å². The van der Waals surface area contributed by atoms with Crippen LogP contribution in [0.4, 0.5) is 11.4 Å². The maximum atomic E-state index is 11.6. The van der Waals surface area contributed by atoms with Gasteiger partial charge in [0.1, 0.15) is 0 Å². The summed E-state index contributed by atoms with van der Waals surface area (Å²) in [5, 5.41) is 3.06. The van der Waals surface area contributed by atoms with Crippen molar-refractivity contribution < 1.29 is 9.59 Å². The fourth-order valence-electron chi connectivity index (χ4n) is 3.36. The number of hydrogen-bond donors (Lipinski definition) is 3. The summed E-state index contributed by atoms with van der Waals surface area (Å²) in [4.78, 5) is 25.3. The second-order valence-electron chi connectivity index (χ2n) is 5.85. The van der Waals surface area contributed by atoms with E-state index in [1.54, 1.807) is 12.1 Å². The van der Waals surface area contributed by atoms with E-state index in [1.807, 2.05) is 6.07 Å². The third kappa shape index (κ3) is 2.66. The lowest BCUT2D eigenvalue weighted by atomic mass is 9.85. The molecule has 0 aliphatic carbocycles. The van der Waals surface area contributed by atoms with Crippen molar-refractivity contribution in [2.45, 2.75) is 25.3 Å². The van der Waals surface area contributed by atoms with Crippen LogP contribution in [-0.2, 0) is 4.79 Å². The van der Waals surface area contributed by atoms with Crippen LogP contribution in [0.3, 0.4) is 0 Å². The first-order valence-electron chi connectivity index (χ1n) is 7.28. The van der Waals surface area contributed by atoms with Crippen molar-refractivity contribution >= 4 is 23.2 Å². The van der Waals surface area contributed by atoms with Gasteiger partial charge in [-0.05, 0) is 37.0 Å². The first kappa shape index (κ1) is 13.7. The molecule has 2 saturated heterocycles. The van der Waals surface area contributed by atoms with Gasteiger partial charge in [-0.2, -0.15) is 0 Å². The van der Waals surface area contributed by atoms with Crippen molar-refractivity contribution in [3.63, 3.8) is 0 Å². The molecule has 2 heterocycles. The minimum absolute atomic E-state index is 0.148. The number of fused-ring (bicyclic) bond motifs is 1. The van der Waals surface area contributed by atoms with Crippen LogP contribution in [0.1, 0.15) is 29.6 Å². The highest BCUT2D eigenvalue weighted by molar-refractivity contribution is 5.99. The van der Waals surface area contributed by atoms with Crippen LogP contribution >= 0.6 is 0 Å². The number of rotatable bonds is 2. The average Bonchev–Trinajstić information content (AvgIpc) is 2.46. The van der Waals surface area contributed by atoms with Crippen LogP contribution in [0.2, 0.25) is 0 Å². The molecule has 2 aliphatic rings. The number of anilines is 2. The van der Waals surface area contributed by atoms with Crippen LogP contribution in [0.25, 0.3) is 0 Å². The highest BCUT2D eigenvalue weighted by Crippen LogP contribution is 2.31. The summed E-state index contributed by atoms with van der Waals surface area (Å²) < 4.78 is 0. The monoisotopic (exact) mass is 288 g/mol. The summed E-state index contributed by atoms with van der Waals surface area (Å²) >= 11 is 0. The lowest BCUT2D eigenvalue weighted by Crippen LogP contribution is -2.54. The Morgan fingerprint density at radius 1 is 1.33 bits per heavy atom. The molecular weight excluding hydrogens is 268 g/mol. The van der Waals surface area contributed by atoms with Gasteiger partial charge in [0.25, 0.3) is 5.91 Å². The second kappa shape index (κ2) is 5.27. The molecule has 6 heteroatoms. The fourth-order valence-corrected chi connectivity index (χ4v) is 3.36. The molecule has 3 rings (SSSR count). The zero-order valence-electron chi connectivity index (χ0n) is 11.8. The number of primary amides is 1. The van der Waals surface area contributed by atoms with Gasteiger partial charge in [0.2, 0.25) is 5.91 Å². The third-order valence-corrected chi connectivity index (χ3v) is 4.45. The van der Waals surface area contributed by atoms with E-state index < -0.39 is 5.91 Å². The lowest BCUT2D eigenvalue weighted by Gasteiger charge is -2.42. The molecule has 0 radical (unpaired) electrons. The second-order valence-corrected chi connectivity index (χ2v) is 5.85. The largest absolute Gasteiger partial charge is 0.399 e. The normalized spacial score (nSPS) is 25.1. The number of hydrogen-bond acceptors (Lipinski definition) is 4. The van der Waals surface area contributed by atoms with Crippen molar-refractivity contribution in [1.82, 2.24) is 5.32 Å². The first-order chi connectivity index (χ1) is 10.0. The molecule has 2 aliphatic heterocycles. The molecule has 0 aromatic heterocycles. The Kier molecular flexibility index (Phi) is 3.45. The molecule has 1 aromatic rings. The van der Waals surface area contributed by atoms with Crippen molar-refractivity contribution in [3.05, 3.63) is 23.8 Å². The Bertz CT molecular complexity index is 587. The minimum atomic E-state index is -0.462. The van der Waals surface area contributed by atoms with E-state index in [0.717, 1.165) is 31.6 Å². The van der Waals surface area contributed by atoms with E-state index in [9.17, 15) is 9.59 Å². The van der Waals surface area contributed by atoms with Gasteiger partial charge in [-0.1, -0.05) is 0 Å². The van der Waals surface area contributed by atoms with E-state index in [2.05, 4.69) is 10.2 Å². The van der Waals surface area contributed by atoms with Crippen molar-refractivity contribution in [2.75, 3.05) is 23.7 Å². The van der Waals surface area contributed by atoms with Gasteiger partial charge in [-0.3, -0.25) is 9.59 Å². The Morgan fingerprint density at radius 2 is 2.14 bits per heavy atom. The van der Waals surface area contributed by atoms with E-state index in [0.29, 0.717) is 23.6 Å². The summed E-state index contributed by atoms with van der Waals surface area (Å²) in [6.45, 7) is 1.63. The first-order valence-corrected chi connectivity index (χ1v) is 7.28. The van der Waals surface area contributed by atoms with E-state index in [4.69, 9.17) is 11.5 Å². The molecule has 0 bridgehead atoms. The predicted octanol–water partition coefficient (Wildman–Crippen LogP) is 0.473. The van der Waals surface area contributed by atoms with Crippen molar-refractivity contribution in [1.29, 1.82) is 0 Å². The van der Waals surface area contributed by atoms with Crippen LogP contribution in [0.5, 0.6) is 0 Å². The molecule has 21 heavy (non-hydrogen) atoms. The van der Waals surface area contributed by atoms with Crippen molar-refractivity contribution in [2.24, 2.45) is 11.7 Å². The predicted molar refractivity (Wildman–Crippen MR) is 80.9 cm³/mol. The number of amides is 2. The zero-order chi connectivity index (χ0) is 15.0. The third-order valence-electron chi connectivity index (χ3n) is 4.45. The van der Waals surface area contributed by atoms with Gasteiger partial charge >= 0.3 is 0 Å². The van der Waals surface area contributed by atoms with Gasteiger partial charge in [0, 0.05) is 36.9 Å². The maximum Gasteiger partial charge on any atom is 0.250 e. The molecule has 0 saturated carbocycles. The number of piperidine rings is 2. The number of nitrogens with two attached hydrogens (primary N) is 2.